The van der Waals surface area contributed by atoms with Crippen molar-refractivity contribution in [1.29, 1.82) is 0 Å². The van der Waals surface area contributed by atoms with Crippen molar-refractivity contribution in [2.75, 3.05) is 47.5 Å². The van der Waals surface area contributed by atoms with Crippen LogP contribution in [0.1, 0.15) is 322 Å². The fourth-order valence-corrected chi connectivity index (χ4v) is 11.2. The summed E-state index contributed by atoms with van der Waals surface area (Å²) in [6, 6.07) is 0. The van der Waals surface area contributed by atoms with Gasteiger partial charge in [-0.05, 0) is 109 Å². The summed E-state index contributed by atoms with van der Waals surface area (Å²) in [5.74, 6) is -0.793. The number of likely N-dealkylation sites (N-methyl/N-ethyl adjacent to an activating group) is 1. The molecule has 2 unspecified atom stereocenters. The van der Waals surface area contributed by atoms with Crippen molar-refractivity contribution in [1.82, 2.24) is 0 Å². The first-order valence-electron chi connectivity index (χ1n) is 37.9. The lowest BCUT2D eigenvalue weighted by Crippen LogP contribution is -2.37. The molecule has 528 valence electrons. The summed E-state index contributed by atoms with van der Waals surface area (Å²) in [6.07, 6.45) is 104. The van der Waals surface area contributed by atoms with Crippen LogP contribution in [-0.2, 0) is 32.7 Å². The number of nitrogens with zero attached hydrogens (tertiary/aromatic N) is 1. The summed E-state index contributed by atoms with van der Waals surface area (Å²) in [7, 11) is 1.48. The standard InChI is InChI=1S/C82H142NO8P/c1-6-8-10-12-14-16-18-20-22-24-26-28-30-32-34-36-38-39-40-41-42-43-45-46-48-50-52-54-56-58-60-62-64-66-68-70-72-74-81(84)88-78-80(79-90-92(86,87)89-77-76-83(3,4)5)91-82(85)75-73-71-69-67-65-63-61-59-57-55-53-51-49-47-44-37-35-33-31-29-27-25-23-21-19-17-15-13-11-9-7-2/h8-11,14-17,20-23,26-29,32-35,44,47,80H,6-7,12-13,18-19,24-25,30-31,36-43,45-46,48-79H2,1-5H3/p+1/b10-8-,11-9-,16-14-,17-15-,22-20-,23-21-,28-26-,29-27-,34-32-,35-33-,47-44-. The van der Waals surface area contributed by atoms with Gasteiger partial charge in [0.15, 0.2) is 6.10 Å². The van der Waals surface area contributed by atoms with Gasteiger partial charge in [-0.2, -0.15) is 0 Å². The number of esters is 2. The number of hydrogen-bond acceptors (Lipinski definition) is 7. The first kappa shape index (κ1) is 88.2. The fraction of sp³-hybridized carbons (Fsp3) is 0.707. The van der Waals surface area contributed by atoms with Crippen molar-refractivity contribution in [3.8, 4) is 0 Å². The number of quaternary nitrogens is 1. The SMILES string of the molecule is CC/C=C\C/C=C\C/C=C\C/C=C\C/C=C\C/C=C\CCCCCCCCCCCCCCC(=O)OC(COC(=O)CCCCCCCCCCCCCCCCCCCCCCC/C=C\C/C=C\C/C=C\C/C=C\C/C=C\CC)COP(=O)(O)OCC[N+](C)(C)C. The molecule has 0 aliphatic heterocycles. The lowest BCUT2D eigenvalue weighted by molar-refractivity contribution is -0.870. The number of allylic oxidation sites excluding steroid dienone is 22. The molecule has 0 aliphatic rings. The zero-order chi connectivity index (χ0) is 66.9. The third-order valence-corrected chi connectivity index (χ3v) is 17.2. The summed E-state index contributed by atoms with van der Waals surface area (Å²) < 4.78 is 34.8. The minimum absolute atomic E-state index is 0.0278. The van der Waals surface area contributed by atoms with Crippen molar-refractivity contribution in [3.63, 3.8) is 0 Å². The lowest BCUT2D eigenvalue weighted by Gasteiger charge is -2.24. The van der Waals surface area contributed by atoms with Gasteiger partial charge in [-0.15, -0.1) is 0 Å². The molecular formula is C82H143NO8P+. The average molecular weight is 1300 g/mol. The van der Waals surface area contributed by atoms with Gasteiger partial charge >= 0.3 is 19.8 Å². The van der Waals surface area contributed by atoms with E-state index in [9.17, 15) is 19.0 Å². The van der Waals surface area contributed by atoms with E-state index in [2.05, 4.69) is 148 Å². The molecule has 0 bridgehead atoms. The summed E-state index contributed by atoms with van der Waals surface area (Å²) in [6.45, 7) is 4.23. The van der Waals surface area contributed by atoms with E-state index in [-0.39, 0.29) is 32.0 Å². The molecule has 10 heteroatoms. The summed E-state index contributed by atoms with van der Waals surface area (Å²) in [4.78, 5) is 36.0. The Kier molecular flexibility index (Phi) is 68.5. The van der Waals surface area contributed by atoms with Crippen LogP contribution in [0.2, 0.25) is 0 Å². The van der Waals surface area contributed by atoms with E-state index in [4.69, 9.17) is 18.5 Å². The molecule has 0 heterocycles. The van der Waals surface area contributed by atoms with Gasteiger partial charge in [0.2, 0.25) is 0 Å². The minimum Gasteiger partial charge on any atom is -0.462 e. The minimum atomic E-state index is -4.40. The van der Waals surface area contributed by atoms with Crippen LogP contribution < -0.4 is 0 Å². The average Bonchev–Trinajstić information content (AvgIpc) is 2.14. The van der Waals surface area contributed by atoms with Gasteiger partial charge in [0.05, 0.1) is 27.7 Å². The second-order valence-electron chi connectivity index (χ2n) is 26.3. The van der Waals surface area contributed by atoms with E-state index in [1.54, 1.807) is 0 Å². The summed E-state index contributed by atoms with van der Waals surface area (Å²) in [5.41, 5.74) is 0. The normalized spacial score (nSPS) is 13.8. The van der Waals surface area contributed by atoms with Gasteiger partial charge in [-0.25, -0.2) is 4.57 Å². The molecule has 0 amide bonds. The largest absolute Gasteiger partial charge is 0.472 e. The van der Waals surface area contributed by atoms with E-state index in [1.807, 2.05) is 21.1 Å². The third-order valence-electron chi connectivity index (χ3n) is 16.2. The Hall–Kier alpha value is -3.85. The molecule has 1 N–H and O–H groups in total. The Morgan fingerprint density at radius 3 is 0.870 bits per heavy atom. The summed E-state index contributed by atoms with van der Waals surface area (Å²) in [5, 5.41) is 0. The molecule has 0 rings (SSSR count). The van der Waals surface area contributed by atoms with Crippen LogP contribution in [0.4, 0.5) is 0 Å². The van der Waals surface area contributed by atoms with Crippen LogP contribution >= 0.6 is 7.82 Å². The molecule has 0 aliphatic carbocycles. The highest BCUT2D eigenvalue weighted by atomic mass is 31.2. The maximum atomic E-state index is 12.9. The molecule has 0 saturated carbocycles. The first-order valence-corrected chi connectivity index (χ1v) is 39.4. The fourth-order valence-electron chi connectivity index (χ4n) is 10.5. The first-order chi connectivity index (χ1) is 45.0. The van der Waals surface area contributed by atoms with Gasteiger partial charge in [-0.3, -0.25) is 18.6 Å². The molecule has 0 aromatic carbocycles. The molecular weight excluding hydrogens is 1160 g/mol. The number of carbonyl (C=O) groups is 2. The molecule has 0 aromatic rings. The molecule has 92 heavy (non-hydrogen) atoms. The van der Waals surface area contributed by atoms with E-state index in [0.29, 0.717) is 17.4 Å². The Morgan fingerprint density at radius 2 is 0.587 bits per heavy atom. The van der Waals surface area contributed by atoms with Crippen molar-refractivity contribution in [2.45, 2.75) is 328 Å². The van der Waals surface area contributed by atoms with Crippen molar-refractivity contribution < 1.29 is 42.1 Å². The van der Waals surface area contributed by atoms with E-state index in [0.717, 1.165) is 109 Å². The van der Waals surface area contributed by atoms with Crippen molar-refractivity contribution >= 4 is 19.8 Å². The lowest BCUT2D eigenvalue weighted by atomic mass is 10.0. The van der Waals surface area contributed by atoms with Crippen LogP contribution in [0, 0.1) is 0 Å². The van der Waals surface area contributed by atoms with Crippen LogP contribution in [0.3, 0.4) is 0 Å². The highest BCUT2D eigenvalue weighted by Crippen LogP contribution is 2.43. The van der Waals surface area contributed by atoms with E-state index >= 15 is 0 Å². The van der Waals surface area contributed by atoms with E-state index in [1.165, 1.54) is 180 Å². The second-order valence-corrected chi connectivity index (χ2v) is 27.7. The van der Waals surface area contributed by atoms with Crippen LogP contribution in [0.15, 0.2) is 134 Å². The Morgan fingerprint density at radius 1 is 0.337 bits per heavy atom. The topological polar surface area (TPSA) is 108 Å². The van der Waals surface area contributed by atoms with Gasteiger partial charge in [-0.1, -0.05) is 334 Å². The highest BCUT2D eigenvalue weighted by molar-refractivity contribution is 7.47. The Bertz CT molecular complexity index is 2020. The number of carbonyl (C=O) groups excluding carboxylic acids is 2. The quantitative estimate of drug-likeness (QED) is 0.0211. The number of phosphoric ester groups is 1. The van der Waals surface area contributed by atoms with Crippen molar-refractivity contribution in [2.24, 2.45) is 0 Å². The zero-order valence-corrected chi connectivity index (χ0v) is 61.1. The predicted octanol–water partition coefficient (Wildman–Crippen LogP) is 25.2. The van der Waals surface area contributed by atoms with Crippen LogP contribution in [0.5, 0.6) is 0 Å². The molecule has 9 nitrogen and oxygen atoms in total. The number of rotatable bonds is 69. The molecule has 0 radical (unpaired) electrons. The van der Waals surface area contributed by atoms with E-state index < -0.39 is 26.5 Å². The monoisotopic (exact) mass is 1300 g/mol. The molecule has 0 fully saturated rings. The number of ether oxygens (including phenoxy) is 2. The predicted molar refractivity (Wildman–Crippen MR) is 399 cm³/mol. The maximum absolute atomic E-state index is 12.9. The Labute approximate surface area is 568 Å². The number of hydrogen-bond donors (Lipinski definition) is 1. The maximum Gasteiger partial charge on any atom is 0.472 e. The zero-order valence-electron chi connectivity index (χ0n) is 60.2. The van der Waals surface area contributed by atoms with Gasteiger partial charge in [0, 0.05) is 12.8 Å². The smallest absolute Gasteiger partial charge is 0.462 e. The third kappa shape index (κ3) is 75.2. The molecule has 2 atom stereocenters. The van der Waals surface area contributed by atoms with Crippen LogP contribution in [-0.4, -0.2) is 74.9 Å². The van der Waals surface area contributed by atoms with Gasteiger partial charge in [0.25, 0.3) is 0 Å². The second kappa shape index (κ2) is 71.4. The number of phosphoric acid groups is 1. The molecule has 0 saturated heterocycles. The van der Waals surface area contributed by atoms with Crippen LogP contribution in [0.25, 0.3) is 0 Å². The van der Waals surface area contributed by atoms with Gasteiger partial charge < -0.3 is 18.9 Å². The van der Waals surface area contributed by atoms with Crippen molar-refractivity contribution in [3.05, 3.63) is 134 Å². The Balaban J connectivity index is 3.99. The number of unbranched alkanes of at least 4 members (excludes halogenated alkanes) is 33. The van der Waals surface area contributed by atoms with Gasteiger partial charge in [0.1, 0.15) is 19.8 Å². The highest BCUT2D eigenvalue weighted by Gasteiger charge is 2.27. The molecule has 0 aromatic heterocycles. The summed E-state index contributed by atoms with van der Waals surface area (Å²) >= 11 is 0. The molecule has 0 spiro atoms.